The van der Waals surface area contributed by atoms with Crippen molar-refractivity contribution in [2.75, 3.05) is 25.0 Å². The fourth-order valence-electron chi connectivity index (χ4n) is 6.00. The zero-order valence-corrected chi connectivity index (χ0v) is 26.0. The van der Waals surface area contributed by atoms with Gasteiger partial charge in [0.25, 0.3) is 0 Å². The Morgan fingerprint density at radius 2 is 2.00 bits per heavy atom. The number of hydrogen-bond acceptors (Lipinski definition) is 7. The summed E-state index contributed by atoms with van der Waals surface area (Å²) < 4.78 is 5.57. The summed E-state index contributed by atoms with van der Waals surface area (Å²) in [6.45, 7) is 2.42. The minimum absolute atomic E-state index is 0.0415. The van der Waals surface area contributed by atoms with Gasteiger partial charge >= 0.3 is 256 Å². The third kappa shape index (κ3) is 5.54. The summed E-state index contributed by atoms with van der Waals surface area (Å²) in [5, 5.41) is 8.77. The van der Waals surface area contributed by atoms with Crippen LogP contribution in [0, 0.1) is 13.3 Å². The number of ketones is 1. The molecular formula is C32H35IN7O2-. The fourth-order valence-corrected chi connectivity index (χ4v) is 7.91. The van der Waals surface area contributed by atoms with E-state index in [0.29, 0.717) is 18.2 Å². The second kappa shape index (κ2) is 11.7. The van der Waals surface area contributed by atoms with Crippen LogP contribution in [0.25, 0.3) is 16.7 Å². The maximum absolute atomic E-state index is 13.9. The van der Waals surface area contributed by atoms with Crippen LogP contribution in [0.4, 0.5) is 5.69 Å². The second-order valence-corrected chi connectivity index (χ2v) is 14.3. The molecule has 2 fully saturated rings. The number of pyridine rings is 1. The molecule has 1 unspecified atom stereocenters. The van der Waals surface area contributed by atoms with Gasteiger partial charge in [-0.2, -0.15) is 0 Å². The Morgan fingerprint density at radius 1 is 1.14 bits per heavy atom. The standard InChI is InChI=1S/C32H35IN7O2/c1-38(26-7-4-15-34-19-26)24-12-10-23(11-13-24)33-32-35-18-22-17-28(29(41)21-8-9-21)31(42)39(30(22)37-32)20-27-14-16-36-40(27)25-5-2-3-6-25/h5,10-14,16-18,21,26,34H,2-4,6-9,15,19-20H2,1H3/q-1. The van der Waals surface area contributed by atoms with Crippen molar-refractivity contribution in [3.8, 4) is 0 Å². The van der Waals surface area contributed by atoms with E-state index < -0.39 is 21.2 Å². The Bertz CT molecular complexity index is 1720. The molecule has 7 rings (SSSR count). The van der Waals surface area contributed by atoms with Gasteiger partial charge in [-0.05, 0) is 0 Å². The van der Waals surface area contributed by atoms with Crippen molar-refractivity contribution in [1.29, 1.82) is 0 Å². The maximum atomic E-state index is 13.9. The molecule has 4 aromatic rings. The Labute approximate surface area is 255 Å². The van der Waals surface area contributed by atoms with Crippen molar-refractivity contribution in [2.24, 2.45) is 5.92 Å². The van der Waals surface area contributed by atoms with Crippen molar-refractivity contribution in [2.45, 2.75) is 57.5 Å². The molecule has 1 atom stereocenters. The summed E-state index contributed by atoms with van der Waals surface area (Å²) >= 11 is -0.666. The third-order valence-corrected chi connectivity index (χ3v) is 10.9. The topological polar surface area (TPSA) is 97.9 Å². The first kappa shape index (κ1) is 27.5. The van der Waals surface area contributed by atoms with E-state index >= 15 is 0 Å². The number of rotatable bonds is 9. The molecule has 218 valence electrons. The van der Waals surface area contributed by atoms with Crippen molar-refractivity contribution in [3.05, 3.63) is 83.9 Å². The predicted molar refractivity (Wildman–Crippen MR) is 158 cm³/mol. The van der Waals surface area contributed by atoms with Crippen molar-refractivity contribution in [3.63, 3.8) is 0 Å². The molecule has 3 aliphatic rings. The molecule has 1 aliphatic heterocycles. The van der Waals surface area contributed by atoms with Crippen LogP contribution in [0.2, 0.25) is 0 Å². The van der Waals surface area contributed by atoms with Crippen LogP contribution in [-0.4, -0.2) is 56.3 Å². The summed E-state index contributed by atoms with van der Waals surface area (Å²) in [5.41, 5.74) is 3.82. The van der Waals surface area contributed by atoms with E-state index in [1.807, 2.05) is 10.7 Å². The van der Waals surface area contributed by atoms with Crippen LogP contribution in [-0.2, 0) is 6.54 Å². The van der Waals surface area contributed by atoms with Crippen molar-refractivity contribution in [1.82, 2.24) is 29.6 Å². The number of nitrogens with one attached hydrogen (secondary N) is 1. The number of carbonyl (C=O) groups is 1. The zero-order valence-electron chi connectivity index (χ0n) is 23.8. The van der Waals surface area contributed by atoms with E-state index in [0.717, 1.165) is 65.8 Å². The summed E-state index contributed by atoms with van der Waals surface area (Å²) in [6, 6.07) is 12.9. The molecule has 2 aliphatic carbocycles. The van der Waals surface area contributed by atoms with E-state index in [1.165, 1.54) is 22.1 Å². The van der Waals surface area contributed by atoms with Gasteiger partial charge in [-0.15, -0.1) is 0 Å². The number of benzene rings is 1. The number of aromatic nitrogens is 5. The first-order valence-corrected chi connectivity index (χ1v) is 17.1. The quantitative estimate of drug-likeness (QED) is 0.161. The van der Waals surface area contributed by atoms with Gasteiger partial charge in [-0.1, -0.05) is 0 Å². The Hall–Kier alpha value is -3.38. The number of fused-ring (bicyclic) bond motifs is 1. The Kier molecular flexibility index (Phi) is 7.66. The SMILES string of the molecule is CN(c1ccc([I-]c2ncc3cc(C(=O)C4CC4)c(=O)n(Cc4ccnn4C4=CCCC4)c3n2)cc1)C1CCCNC1. The van der Waals surface area contributed by atoms with Gasteiger partial charge in [-0.25, -0.2) is 0 Å². The monoisotopic (exact) mass is 676 g/mol. The van der Waals surface area contributed by atoms with Gasteiger partial charge in [-0.3, -0.25) is 0 Å². The zero-order chi connectivity index (χ0) is 28.6. The molecule has 3 aromatic heterocycles. The van der Waals surface area contributed by atoms with Crippen molar-refractivity contribution >= 4 is 28.2 Å². The number of piperidine rings is 1. The molecule has 1 saturated carbocycles. The van der Waals surface area contributed by atoms with E-state index in [2.05, 4.69) is 52.7 Å². The average molecular weight is 677 g/mol. The molecule has 42 heavy (non-hydrogen) atoms. The third-order valence-electron chi connectivity index (χ3n) is 8.59. The molecule has 1 N–H and O–H groups in total. The number of nitrogens with zero attached hydrogens (tertiary/aromatic N) is 6. The van der Waals surface area contributed by atoms with Crippen LogP contribution >= 0.6 is 0 Å². The minimum atomic E-state index is -0.666. The number of allylic oxidation sites excluding steroid dienone is 2. The molecule has 9 nitrogen and oxygen atoms in total. The van der Waals surface area contributed by atoms with E-state index in [4.69, 9.17) is 9.97 Å². The Morgan fingerprint density at radius 3 is 2.74 bits per heavy atom. The number of hydrogen-bond donors (Lipinski definition) is 1. The summed E-state index contributed by atoms with van der Waals surface area (Å²) in [7, 11) is 2.17. The van der Waals surface area contributed by atoms with Gasteiger partial charge in [0.1, 0.15) is 0 Å². The summed E-state index contributed by atoms with van der Waals surface area (Å²) in [6.07, 6.45) is 13.0. The number of Topliss-reactive ketones (excluding diaryl/α,β-unsaturated/α-hetero) is 1. The van der Waals surface area contributed by atoms with Gasteiger partial charge < -0.3 is 0 Å². The summed E-state index contributed by atoms with van der Waals surface area (Å²) in [4.78, 5) is 39.0. The van der Waals surface area contributed by atoms with Crippen molar-refractivity contribution < 1.29 is 26.0 Å². The van der Waals surface area contributed by atoms with Crippen LogP contribution in [0.5, 0.6) is 0 Å². The van der Waals surface area contributed by atoms with Crippen LogP contribution < -0.4 is 37.0 Å². The summed E-state index contributed by atoms with van der Waals surface area (Å²) in [5.74, 6) is -0.103. The number of halogens is 1. The van der Waals surface area contributed by atoms with Gasteiger partial charge in [0, 0.05) is 0 Å². The fraction of sp³-hybridized carbons (Fsp3) is 0.406. The molecule has 10 heteroatoms. The average Bonchev–Trinajstić information content (AvgIpc) is 3.53. The number of anilines is 1. The molecule has 0 spiro atoms. The van der Waals surface area contributed by atoms with Gasteiger partial charge in [0.15, 0.2) is 0 Å². The molecule has 0 bridgehead atoms. The van der Waals surface area contributed by atoms with E-state index in [9.17, 15) is 9.59 Å². The molecule has 1 saturated heterocycles. The molecule has 1 aromatic carbocycles. The molecule has 0 amide bonds. The molecule has 0 radical (unpaired) electrons. The predicted octanol–water partition coefficient (Wildman–Crippen LogP) is 0.970. The van der Waals surface area contributed by atoms with Gasteiger partial charge in [0.2, 0.25) is 0 Å². The van der Waals surface area contributed by atoms with Crippen LogP contribution in [0.1, 0.15) is 61.0 Å². The van der Waals surface area contributed by atoms with Gasteiger partial charge in [0.05, 0.1) is 0 Å². The molecular weight excluding hydrogens is 641 g/mol. The number of carbonyl (C=O) groups excluding carboxylic acids is 1. The molecule has 4 heterocycles. The first-order chi connectivity index (χ1) is 20.5. The van der Waals surface area contributed by atoms with Crippen LogP contribution in [0.3, 0.4) is 0 Å². The Balaban J connectivity index is 1.21. The van der Waals surface area contributed by atoms with E-state index in [1.54, 1.807) is 23.0 Å². The van der Waals surface area contributed by atoms with Crippen LogP contribution in [0.15, 0.2) is 59.7 Å². The number of likely N-dealkylation sites (N-methyl/N-ethyl adjacent to an activating group) is 1. The second-order valence-electron chi connectivity index (χ2n) is 11.5. The van der Waals surface area contributed by atoms with E-state index in [-0.39, 0.29) is 22.8 Å². The first-order valence-electron chi connectivity index (χ1n) is 14.9. The normalized spacial score (nSPS) is 18.9.